The highest BCUT2D eigenvalue weighted by molar-refractivity contribution is 5.80. The van der Waals surface area contributed by atoms with Crippen molar-refractivity contribution in [2.75, 3.05) is 39.9 Å². The van der Waals surface area contributed by atoms with Gasteiger partial charge in [-0.1, -0.05) is 13.3 Å². The minimum absolute atomic E-state index is 0.00651. The molecule has 0 saturated carbocycles. The number of amides is 1. The van der Waals surface area contributed by atoms with E-state index in [4.69, 9.17) is 14.2 Å². The van der Waals surface area contributed by atoms with Crippen LogP contribution in [0.3, 0.4) is 0 Å². The van der Waals surface area contributed by atoms with Crippen LogP contribution in [0.25, 0.3) is 0 Å². The van der Waals surface area contributed by atoms with Crippen molar-refractivity contribution in [1.29, 1.82) is 0 Å². The smallest absolute Gasteiger partial charge is 0.407 e. The lowest BCUT2D eigenvalue weighted by molar-refractivity contribution is -0.0721. The third-order valence-electron chi connectivity index (χ3n) is 5.61. The van der Waals surface area contributed by atoms with Crippen LogP contribution in [0.15, 0.2) is 4.99 Å². The third kappa shape index (κ3) is 10.1. The van der Waals surface area contributed by atoms with Crippen LogP contribution < -0.4 is 10.6 Å². The van der Waals surface area contributed by atoms with Crippen molar-refractivity contribution in [1.82, 2.24) is 15.5 Å². The van der Waals surface area contributed by atoms with Gasteiger partial charge in [-0.25, -0.2) is 4.79 Å². The summed E-state index contributed by atoms with van der Waals surface area (Å²) in [5.41, 5.74) is -0.500. The van der Waals surface area contributed by atoms with Crippen LogP contribution >= 0.6 is 0 Å². The van der Waals surface area contributed by atoms with Gasteiger partial charge in [-0.05, 0) is 59.3 Å². The van der Waals surface area contributed by atoms with Crippen molar-refractivity contribution in [3.63, 3.8) is 0 Å². The maximum atomic E-state index is 12.1. The zero-order chi connectivity index (χ0) is 22.7. The first-order valence-corrected chi connectivity index (χ1v) is 12.0. The van der Waals surface area contributed by atoms with Crippen LogP contribution in [-0.2, 0) is 14.2 Å². The maximum absolute atomic E-state index is 12.1. The van der Waals surface area contributed by atoms with Crippen LogP contribution in [0, 0.1) is 0 Å². The third-order valence-corrected chi connectivity index (χ3v) is 5.61. The molecular formula is C23H44N4O4. The molecule has 31 heavy (non-hydrogen) atoms. The summed E-state index contributed by atoms with van der Waals surface area (Å²) in [5.74, 6) is 0.876. The number of nitrogens with one attached hydrogen (secondary N) is 2. The molecule has 2 N–H and O–H groups in total. The van der Waals surface area contributed by atoms with E-state index >= 15 is 0 Å². The normalized spacial score (nSPS) is 22.2. The average molecular weight is 441 g/mol. The van der Waals surface area contributed by atoms with Crippen molar-refractivity contribution in [2.45, 2.75) is 96.5 Å². The maximum Gasteiger partial charge on any atom is 0.407 e. The van der Waals surface area contributed by atoms with Gasteiger partial charge in [-0.3, -0.25) is 4.99 Å². The Morgan fingerprint density at radius 2 is 1.97 bits per heavy atom. The van der Waals surface area contributed by atoms with Crippen LogP contribution in [-0.4, -0.2) is 80.7 Å². The van der Waals surface area contributed by atoms with Crippen molar-refractivity contribution in [2.24, 2.45) is 4.99 Å². The summed E-state index contributed by atoms with van der Waals surface area (Å²) in [6.45, 7) is 11.8. The Bertz CT molecular complexity index is 550. The number of nitrogens with zero attached hydrogens (tertiary/aromatic N) is 2. The summed E-state index contributed by atoms with van der Waals surface area (Å²) in [5, 5.41) is 6.42. The SMILES string of the molecule is CCCC(CNC(=NC)N1CCC(OCC2CCCCO2)CC1)NC(=O)OC(C)(C)C. The number of guanidine groups is 1. The fourth-order valence-electron chi connectivity index (χ4n) is 4.01. The molecule has 2 atom stereocenters. The molecule has 0 radical (unpaired) electrons. The molecule has 0 aromatic heterocycles. The Kier molecular flexibility index (Phi) is 10.9. The number of rotatable bonds is 8. The van der Waals surface area contributed by atoms with E-state index in [0.29, 0.717) is 19.3 Å². The number of alkyl carbamates (subject to hydrolysis) is 1. The summed E-state index contributed by atoms with van der Waals surface area (Å²) >= 11 is 0. The first-order valence-electron chi connectivity index (χ1n) is 12.0. The monoisotopic (exact) mass is 440 g/mol. The Hall–Kier alpha value is -1.54. The topological polar surface area (TPSA) is 84.4 Å². The predicted molar refractivity (Wildman–Crippen MR) is 124 cm³/mol. The van der Waals surface area contributed by atoms with Gasteiger partial charge in [-0.2, -0.15) is 0 Å². The molecule has 0 aromatic carbocycles. The lowest BCUT2D eigenvalue weighted by Gasteiger charge is -2.35. The van der Waals surface area contributed by atoms with Crippen molar-refractivity contribution in [3.05, 3.63) is 0 Å². The number of hydrogen-bond acceptors (Lipinski definition) is 5. The Balaban J connectivity index is 1.73. The van der Waals surface area contributed by atoms with Crippen molar-refractivity contribution < 1.29 is 19.0 Å². The first kappa shape index (κ1) is 25.7. The van der Waals surface area contributed by atoms with E-state index in [-0.39, 0.29) is 18.2 Å². The summed E-state index contributed by atoms with van der Waals surface area (Å²) in [4.78, 5) is 18.9. The number of carbonyl (C=O) groups excluding carboxylic acids is 1. The molecule has 0 aliphatic carbocycles. The number of piperidine rings is 1. The predicted octanol–water partition coefficient (Wildman–Crippen LogP) is 3.31. The molecular weight excluding hydrogens is 396 g/mol. The molecule has 1 amide bonds. The molecule has 2 aliphatic heterocycles. The molecule has 2 saturated heterocycles. The molecule has 0 aromatic rings. The molecule has 2 unspecified atom stereocenters. The molecule has 0 spiro atoms. The quantitative estimate of drug-likeness (QED) is 0.445. The molecule has 0 bridgehead atoms. The fraction of sp³-hybridized carbons (Fsp3) is 0.913. The van der Waals surface area contributed by atoms with Crippen LogP contribution in [0.5, 0.6) is 0 Å². The van der Waals surface area contributed by atoms with Crippen LogP contribution in [0.1, 0.15) is 72.6 Å². The van der Waals surface area contributed by atoms with E-state index in [0.717, 1.165) is 57.8 Å². The van der Waals surface area contributed by atoms with E-state index in [2.05, 4.69) is 27.4 Å². The zero-order valence-electron chi connectivity index (χ0n) is 20.2. The molecule has 8 nitrogen and oxygen atoms in total. The van der Waals surface area contributed by atoms with Crippen LogP contribution in [0.2, 0.25) is 0 Å². The first-order chi connectivity index (χ1) is 14.8. The van der Waals surface area contributed by atoms with Crippen molar-refractivity contribution >= 4 is 12.1 Å². The number of hydrogen-bond donors (Lipinski definition) is 2. The summed E-state index contributed by atoms with van der Waals surface area (Å²) in [6, 6.07) is -0.00651. The van der Waals surface area contributed by atoms with Gasteiger partial charge < -0.3 is 29.7 Å². The molecule has 8 heteroatoms. The fourth-order valence-corrected chi connectivity index (χ4v) is 4.01. The molecule has 2 fully saturated rings. The largest absolute Gasteiger partial charge is 0.444 e. The van der Waals surface area contributed by atoms with E-state index < -0.39 is 5.60 Å². The number of ether oxygens (including phenoxy) is 3. The Morgan fingerprint density at radius 1 is 1.23 bits per heavy atom. The van der Waals surface area contributed by atoms with Gasteiger partial charge in [-0.15, -0.1) is 0 Å². The second-order valence-corrected chi connectivity index (χ2v) is 9.57. The van der Waals surface area contributed by atoms with Gasteiger partial charge in [0.25, 0.3) is 0 Å². The summed E-state index contributed by atoms with van der Waals surface area (Å²) in [7, 11) is 1.81. The number of carbonyl (C=O) groups is 1. The van der Waals surface area contributed by atoms with Gasteiger partial charge in [0.2, 0.25) is 0 Å². The second kappa shape index (κ2) is 13.1. The van der Waals surface area contributed by atoms with Gasteiger partial charge in [0.05, 0.1) is 18.8 Å². The minimum atomic E-state index is -0.500. The highest BCUT2D eigenvalue weighted by Gasteiger charge is 2.25. The van der Waals surface area contributed by atoms with E-state index in [9.17, 15) is 4.79 Å². The van der Waals surface area contributed by atoms with E-state index in [1.165, 1.54) is 12.8 Å². The number of likely N-dealkylation sites (tertiary alicyclic amines) is 1. The average Bonchev–Trinajstić information content (AvgIpc) is 2.73. The standard InChI is InChI=1S/C23H44N4O4/c1-6-9-18(26-22(28)31-23(2,3)4)16-25-21(24-5)27-13-11-19(12-14-27)30-17-20-10-7-8-15-29-20/h18-20H,6-17H2,1-5H3,(H,24,25)(H,26,28). The van der Waals surface area contributed by atoms with Gasteiger partial charge >= 0.3 is 6.09 Å². The molecule has 2 rings (SSSR count). The highest BCUT2D eigenvalue weighted by Crippen LogP contribution is 2.18. The Labute approximate surface area is 188 Å². The Morgan fingerprint density at radius 3 is 2.55 bits per heavy atom. The summed E-state index contributed by atoms with van der Waals surface area (Å²) in [6.07, 6.45) is 7.56. The van der Waals surface area contributed by atoms with Crippen LogP contribution in [0.4, 0.5) is 4.79 Å². The zero-order valence-corrected chi connectivity index (χ0v) is 20.2. The minimum Gasteiger partial charge on any atom is -0.444 e. The van der Waals surface area contributed by atoms with Gasteiger partial charge in [0, 0.05) is 39.3 Å². The van der Waals surface area contributed by atoms with Gasteiger partial charge in [0.15, 0.2) is 5.96 Å². The van der Waals surface area contributed by atoms with Gasteiger partial charge in [0.1, 0.15) is 5.60 Å². The van der Waals surface area contributed by atoms with E-state index in [1.54, 1.807) is 0 Å². The summed E-state index contributed by atoms with van der Waals surface area (Å²) < 4.78 is 17.3. The lowest BCUT2D eigenvalue weighted by atomic mass is 10.1. The van der Waals surface area contributed by atoms with Crippen molar-refractivity contribution in [3.8, 4) is 0 Å². The highest BCUT2D eigenvalue weighted by atomic mass is 16.6. The number of aliphatic imine (C=N–C) groups is 1. The molecule has 180 valence electrons. The molecule has 2 heterocycles. The second-order valence-electron chi connectivity index (χ2n) is 9.57. The van der Waals surface area contributed by atoms with E-state index in [1.807, 2.05) is 27.8 Å². The lowest BCUT2D eigenvalue weighted by Crippen LogP contribution is -2.51. The molecule has 2 aliphatic rings.